The van der Waals surface area contributed by atoms with Crippen LogP contribution in [0.15, 0.2) is 24.3 Å². The van der Waals surface area contributed by atoms with E-state index in [2.05, 4.69) is 21.6 Å². The lowest BCUT2D eigenvalue weighted by Crippen LogP contribution is -2.28. The number of H-pyrrole nitrogens is 1. The highest BCUT2D eigenvalue weighted by Crippen LogP contribution is 2.27. The predicted molar refractivity (Wildman–Crippen MR) is 97.7 cm³/mol. The largest absolute Gasteiger partial charge is 0.336 e. The van der Waals surface area contributed by atoms with Crippen LogP contribution in [0.5, 0.6) is 0 Å². The molecule has 1 aromatic heterocycles. The summed E-state index contributed by atoms with van der Waals surface area (Å²) in [6.45, 7) is 2.56. The molecule has 132 valence electrons. The fourth-order valence-electron chi connectivity index (χ4n) is 4.15. The third kappa shape index (κ3) is 3.21. The molecule has 1 saturated heterocycles. The minimum atomic E-state index is 0.0926. The average molecular weight is 338 g/mol. The van der Waals surface area contributed by atoms with Crippen LogP contribution in [-0.2, 0) is 19.4 Å². The number of aromatic amines is 1. The molecule has 5 heteroatoms. The zero-order chi connectivity index (χ0) is 17.2. The number of nitrogens with one attached hydrogen (secondary N) is 2. The molecule has 0 radical (unpaired) electrons. The first-order valence-electron chi connectivity index (χ1n) is 9.34. The molecule has 1 amide bonds. The summed E-state index contributed by atoms with van der Waals surface area (Å²) >= 11 is 0. The van der Waals surface area contributed by atoms with Gasteiger partial charge in [-0.15, -0.1) is 0 Å². The molecule has 0 unspecified atom stereocenters. The van der Waals surface area contributed by atoms with E-state index in [1.807, 2.05) is 30.1 Å². The van der Waals surface area contributed by atoms with Gasteiger partial charge in [0, 0.05) is 24.8 Å². The first-order chi connectivity index (χ1) is 12.2. The fourth-order valence-corrected chi connectivity index (χ4v) is 4.15. The molecular weight excluding hydrogens is 312 g/mol. The second-order valence-electron chi connectivity index (χ2n) is 7.27. The van der Waals surface area contributed by atoms with Crippen LogP contribution in [-0.4, -0.2) is 41.1 Å². The van der Waals surface area contributed by atoms with E-state index in [1.165, 1.54) is 29.7 Å². The molecule has 1 fully saturated rings. The minimum Gasteiger partial charge on any atom is -0.336 e. The summed E-state index contributed by atoms with van der Waals surface area (Å²) in [5, 5.41) is 11.1. The van der Waals surface area contributed by atoms with E-state index >= 15 is 0 Å². The van der Waals surface area contributed by atoms with Gasteiger partial charge in [-0.05, 0) is 61.8 Å². The number of nitrogens with zero attached hydrogens (tertiary/aromatic N) is 2. The number of aryl methyl sites for hydroxylation is 1. The van der Waals surface area contributed by atoms with E-state index < -0.39 is 0 Å². The lowest BCUT2D eigenvalue weighted by molar-refractivity contribution is 0.0781. The summed E-state index contributed by atoms with van der Waals surface area (Å²) in [5.74, 6) is 0.529. The Morgan fingerprint density at radius 2 is 2.12 bits per heavy atom. The van der Waals surface area contributed by atoms with Crippen molar-refractivity contribution in [1.82, 2.24) is 20.4 Å². The van der Waals surface area contributed by atoms with Crippen LogP contribution in [0.1, 0.15) is 58.1 Å². The van der Waals surface area contributed by atoms with Gasteiger partial charge in [0.25, 0.3) is 5.91 Å². The fraction of sp³-hybridized carbons (Fsp3) is 0.500. The van der Waals surface area contributed by atoms with E-state index in [0.29, 0.717) is 12.5 Å². The molecule has 1 aliphatic heterocycles. The minimum absolute atomic E-state index is 0.0926. The number of amides is 1. The van der Waals surface area contributed by atoms with E-state index in [1.54, 1.807) is 0 Å². The highest BCUT2D eigenvalue weighted by Gasteiger charge is 2.25. The van der Waals surface area contributed by atoms with Crippen molar-refractivity contribution in [2.24, 2.45) is 0 Å². The Kier molecular flexibility index (Phi) is 4.57. The van der Waals surface area contributed by atoms with E-state index in [-0.39, 0.29) is 5.91 Å². The van der Waals surface area contributed by atoms with Crippen molar-refractivity contribution in [1.29, 1.82) is 0 Å². The Hall–Kier alpha value is -2.14. The standard InChI is InChI=1S/C20H26N4O/c1-24(13-19-17-8-4-5-9-18(17)22-23-19)20(25)16-7-3-2-6-15(16)14-10-11-21-12-14/h2-3,6-7,14,21H,4-5,8-13H2,1H3,(H,22,23)/t14-/m0/s1. The van der Waals surface area contributed by atoms with Gasteiger partial charge in [0.15, 0.2) is 0 Å². The van der Waals surface area contributed by atoms with Crippen LogP contribution in [0.3, 0.4) is 0 Å². The third-order valence-corrected chi connectivity index (χ3v) is 5.57. The SMILES string of the molecule is CN(Cc1n[nH]c2c1CCCC2)C(=O)c1ccccc1[C@H]1CCNC1. The summed E-state index contributed by atoms with van der Waals surface area (Å²) < 4.78 is 0. The number of hydrogen-bond acceptors (Lipinski definition) is 3. The van der Waals surface area contributed by atoms with Gasteiger partial charge in [-0.2, -0.15) is 5.10 Å². The highest BCUT2D eigenvalue weighted by molar-refractivity contribution is 5.95. The van der Waals surface area contributed by atoms with Gasteiger partial charge < -0.3 is 10.2 Å². The smallest absolute Gasteiger partial charge is 0.254 e. The van der Waals surface area contributed by atoms with E-state index in [0.717, 1.165) is 43.6 Å². The molecule has 1 atom stereocenters. The average Bonchev–Trinajstić information content (AvgIpc) is 3.32. The van der Waals surface area contributed by atoms with Crippen molar-refractivity contribution < 1.29 is 4.79 Å². The number of carbonyl (C=O) groups excluding carboxylic acids is 1. The Morgan fingerprint density at radius 3 is 2.96 bits per heavy atom. The maximum absolute atomic E-state index is 13.1. The van der Waals surface area contributed by atoms with Gasteiger partial charge in [-0.1, -0.05) is 18.2 Å². The molecular formula is C20H26N4O. The van der Waals surface area contributed by atoms with E-state index in [9.17, 15) is 4.79 Å². The molecule has 2 heterocycles. The maximum atomic E-state index is 13.1. The number of benzene rings is 1. The van der Waals surface area contributed by atoms with Crippen molar-refractivity contribution in [2.45, 2.75) is 44.6 Å². The monoisotopic (exact) mass is 338 g/mol. The molecule has 4 rings (SSSR count). The molecule has 2 aromatic rings. The van der Waals surface area contributed by atoms with Gasteiger partial charge in [-0.25, -0.2) is 0 Å². The normalized spacial score (nSPS) is 19.6. The quantitative estimate of drug-likeness (QED) is 0.901. The van der Waals surface area contributed by atoms with Crippen molar-refractivity contribution >= 4 is 5.91 Å². The van der Waals surface area contributed by atoms with Gasteiger partial charge in [-0.3, -0.25) is 9.89 Å². The summed E-state index contributed by atoms with van der Waals surface area (Å²) in [4.78, 5) is 14.9. The highest BCUT2D eigenvalue weighted by atomic mass is 16.2. The number of carbonyl (C=O) groups is 1. The first kappa shape index (κ1) is 16.3. The molecule has 0 saturated carbocycles. The molecule has 0 spiro atoms. The second-order valence-corrected chi connectivity index (χ2v) is 7.27. The van der Waals surface area contributed by atoms with Gasteiger partial charge in [0.05, 0.1) is 12.2 Å². The number of aromatic nitrogens is 2. The van der Waals surface area contributed by atoms with Crippen LogP contribution in [0.4, 0.5) is 0 Å². The number of fused-ring (bicyclic) bond motifs is 1. The van der Waals surface area contributed by atoms with Crippen molar-refractivity contribution in [3.05, 3.63) is 52.3 Å². The zero-order valence-corrected chi connectivity index (χ0v) is 14.8. The summed E-state index contributed by atoms with van der Waals surface area (Å²) in [6.07, 6.45) is 5.70. The first-order valence-corrected chi connectivity index (χ1v) is 9.34. The summed E-state index contributed by atoms with van der Waals surface area (Å²) in [5.41, 5.74) is 5.64. The Bertz CT molecular complexity index is 761. The Morgan fingerprint density at radius 1 is 1.28 bits per heavy atom. The second kappa shape index (κ2) is 7.00. The molecule has 1 aliphatic carbocycles. The van der Waals surface area contributed by atoms with Crippen LogP contribution in [0.2, 0.25) is 0 Å². The molecule has 2 N–H and O–H groups in total. The van der Waals surface area contributed by atoms with Gasteiger partial charge >= 0.3 is 0 Å². The molecule has 0 bridgehead atoms. The van der Waals surface area contributed by atoms with Crippen molar-refractivity contribution in [3.8, 4) is 0 Å². The van der Waals surface area contributed by atoms with E-state index in [4.69, 9.17) is 0 Å². The lowest BCUT2D eigenvalue weighted by atomic mass is 9.92. The van der Waals surface area contributed by atoms with Crippen LogP contribution < -0.4 is 5.32 Å². The Balaban J connectivity index is 1.54. The van der Waals surface area contributed by atoms with Crippen LogP contribution in [0.25, 0.3) is 0 Å². The molecule has 25 heavy (non-hydrogen) atoms. The lowest BCUT2D eigenvalue weighted by Gasteiger charge is -2.21. The van der Waals surface area contributed by atoms with Crippen LogP contribution >= 0.6 is 0 Å². The Labute approximate surface area is 148 Å². The van der Waals surface area contributed by atoms with Crippen molar-refractivity contribution in [3.63, 3.8) is 0 Å². The number of hydrogen-bond donors (Lipinski definition) is 2. The zero-order valence-electron chi connectivity index (χ0n) is 14.8. The predicted octanol–water partition coefficient (Wildman–Crippen LogP) is 2.64. The molecule has 1 aromatic carbocycles. The van der Waals surface area contributed by atoms with Crippen molar-refractivity contribution in [2.75, 3.05) is 20.1 Å². The molecule has 5 nitrogen and oxygen atoms in total. The van der Waals surface area contributed by atoms with Gasteiger partial charge in [0.1, 0.15) is 0 Å². The van der Waals surface area contributed by atoms with Crippen LogP contribution in [0, 0.1) is 0 Å². The molecule has 2 aliphatic rings. The summed E-state index contributed by atoms with van der Waals surface area (Å²) in [6, 6.07) is 8.07. The van der Waals surface area contributed by atoms with Gasteiger partial charge in [0.2, 0.25) is 0 Å². The number of rotatable bonds is 4. The maximum Gasteiger partial charge on any atom is 0.254 e. The third-order valence-electron chi connectivity index (χ3n) is 5.57. The topological polar surface area (TPSA) is 61.0 Å². The summed E-state index contributed by atoms with van der Waals surface area (Å²) in [7, 11) is 1.88.